The molecular formula is C24H31Cl2N3O4S. The summed E-state index contributed by atoms with van der Waals surface area (Å²) in [6.07, 6.45) is 2.10. The van der Waals surface area contributed by atoms with Crippen LogP contribution in [0.15, 0.2) is 48.5 Å². The van der Waals surface area contributed by atoms with Gasteiger partial charge in [0.2, 0.25) is 21.8 Å². The summed E-state index contributed by atoms with van der Waals surface area (Å²) < 4.78 is 26.2. The number of nitrogens with one attached hydrogen (secondary N) is 1. The summed E-state index contributed by atoms with van der Waals surface area (Å²) in [4.78, 5) is 28.1. The van der Waals surface area contributed by atoms with Gasteiger partial charge in [0.05, 0.1) is 17.0 Å². The average molecular weight is 529 g/mol. The van der Waals surface area contributed by atoms with Crippen molar-refractivity contribution in [3.8, 4) is 0 Å². The molecule has 0 saturated heterocycles. The lowest BCUT2D eigenvalue weighted by atomic mass is 10.1. The molecule has 0 aliphatic carbocycles. The predicted molar refractivity (Wildman–Crippen MR) is 138 cm³/mol. The Labute approximate surface area is 212 Å². The fourth-order valence-electron chi connectivity index (χ4n) is 3.42. The molecule has 0 aliphatic heterocycles. The summed E-state index contributed by atoms with van der Waals surface area (Å²) in [6.45, 7) is 5.30. The third-order valence-electron chi connectivity index (χ3n) is 5.44. The zero-order chi connectivity index (χ0) is 25.5. The van der Waals surface area contributed by atoms with Gasteiger partial charge < -0.3 is 10.2 Å². The first-order valence-electron chi connectivity index (χ1n) is 11.0. The van der Waals surface area contributed by atoms with Gasteiger partial charge in [-0.1, -0.05) is 67.4 Å². The zero-order valence-corrected chi connectivity index (χ0v) is 22.1. The Kier molecular flexibility index (Phi) is 10.2. The molecule has 0 spiro atoms. The molecule has 2 amide bonds. The quantitative estimate of drug-likeness (QED) is 0.466. The Balaban J connectivity index is 2.44. The third-order valence-corrected chi connectivity index (χ3v) is 7.10. The van der Waals surface area contributed by atoms with Gasteiger partial charge in [-0.2, -0.15) is 0 Å². The van der Waals surface area contributed by atoms with Crippen LogP contribution in [0.3, 0.4) is 0 Å². The largest absolute Gasteiger partial charge is 0.352 e. The van der Waals surface area contributed by atoms with Crippen LogP contribution in [-0.4, -0.2) is 50.0 Å². The molecule has 2 aromatic carbocycles. The lowest BCUT2D eigenvalue weighted by Gasteiger charge is -2.33. The summed E-state index contributed by atoms with van der Waals surface area (Å²) in [5.41, 5.74) is 0.958. The number of sulfonamides is 1. The van der Waals surface area contributed by atoms with E-state index in [9.17, 15) is 18.0 Å². The second-order valence-corrected chi connectivity index (χ2v) is 10.9. The number of benzene rings is 2. The van der Waals surface area contributed by atoms with Crippen LogP contribution in [0.25, 0.3) is 0 Å². The normalized spacial score (nSPS) is 13.1. The van der Waals surface area contributed by atoms with Gasteiger partial charge in [0, 0.05) is 17.6 Å². The highest BCUT2D eigenvalue weighted by Crippen LogP contribution is 2.30. The van der Waals surface area contributed by atoms with Crippen LogP contribution < -0.4 is 9.62 Å². The van der Waals surface area contributed by atoms with Crippen molar-refractivity contribution in [2.75, 3.05) is 17.1 Å². The van der Waals surface area contributed by atoms with E-state index in [0.29, 0.717) is 11.4 Å². The standard InChI is InChI=1S/C24H31Cl2N3O4S/c1-5-17(3)27-24(31)21(6-2)28(15-18-10-8-7-9-11-18)23(30)16-29(34(4,32)33)22-13-12-19(25)14-20(22)26/h7-14,17,21H,5-6,15-16H2,1-4H3,(H,27,31). The van der Waals surface area contributed by atoms with E-state index in [0.717, 1.165) is 22.5 Å². The second kappa shape index (κ2) is 12.4. The van der Waals surface area contributed by atoms with E-state index in [1.807, 2.05) is 51.1 Å². The monoisotopic (exact) mass is 527 g/mol. The van der Waals surface area contributed by atoms with E-state index in [1.54, 1.807) is 0 Å². The fraction of sp³-hybridized carbons (Fsp3) is 0.417. The van der Waals surface area contributed by atoms with Crippen LogP contribution in [0, 0.1) is 0 Å². The first-order chi connectivity index (χ1) is 16.0. The first kappa shape index (κ1) is 28.0. The number of hydrogen-bond donors (Lipinski definition) is 1. The number of anilines is 1. The van der Waals surface area contributed by atoms with Crippen LogP contribution in [0.5, 0.6) is 0 Å². The van der Waals surface area contributed by atoms with Gasteiger partial charge in [-0.3, -0.25) is 13.9 Å². The minimum atomic E-state index is -3.87. The van der Waals surface area contributed by atoms with Gasteiger partial charge in [0.25, 0.3) is 0 Å². The summed E-state index contributed by atoms with van der Waals surface area (Å²) in [6, 6.07) is 12.8. The van der Waals surface area contributed by atoms with Crippen LogP contribution in [-0.2, 0) is 26.2 Å². The lowest BCUT2D eigenvalue weighted by molar-refractivity contribution is -0.140. The Hall–Kier alpha value is -2.29. The molecule has 2 rings (SSSR count). The van der Waals surface area contributed by atoms with Crippen molar-refractivity contribution in [3.63, 3.8) is 0 Å². The molecule has 7 nitrogen and oxygen atoms in total. The second-order valence-electron chi connectivity index (χ2n) is 8.11. The molecule has 0 aliphatic rings. The molecule has 0 radical (unpaired) electrons. The van der Waals surface area contributed by atoms with Crippen molar-refractivity contribution in [2.24, 2.45) is 0 Å². The Morgan fingerprint density at radius 3 is 2.21 bits per heavy atom. The number of amides is 2. The Morgan fingerprint density at radius 1 is 1.03 bits per heavy atom. The Morgan fingerprint density at radius 2 is 1.68 bits per heavy atom. The van der Waals surface area contributed by atoms with E-state index in [4.69, 9.17) is 23.2 Å². The molecule has 2 aromatic rings. The third kappa shape index (κ3) is 7.61. The summed E-state index contributed by atoms with van der Waals surface area (Å²) >= 11 is 12.2. The van der Waals surface area contributed by atoms with Crippen molar-refractivity contribution in [2.45, 2.75) is 52.2 Å². The van der Waals surface area contributed by atoms with Gasteiger partial charge >= 0.3 is 0 Å². The zero-order valence-electron chi connectivity index (χ0n) is 19.8. The number of rotatable bonds is 11. The highest BCUT2D eigenvalue weighted by molar-refractivity contribution is 7.92. The minimum absolute atomic E-state index is 0.0596. The fourth-order valence-corrected chi connectivity index (χ4v) is 4.84. The molecule has 2 atom stereocenters. The molecular weight excluding hydrogens is 497 g/mol. The van der Waals surface area contributed by atoms with Crippen LogP contribution in [0.1, 0.15) is 39.2 Å². The highest BCUT2D eigenvalue weighted by atomic mass is 35.5. The summed E-state index contributed by atoms with van der Waals surface area (Å²) in [7, 11) is -3.87. The molecule has 2 unspecified atom stereocenters. The summed E-state index contributed by atoms with van der Waals surface area (Å²) in [5.74, 6) is -0.803. The van der Waals surface area contributed by atoms with E-state index in [2.05, 4.69) is 5.32 Å². The number of hydrogen-bond acceptors (Lipinski definition) is 4. The van der Waals surface area contributed by atoms with Gasteiger partial charge in [0.1, 0.15) is 12.6 Å². The molecule has 10 heteroatoms. The first-order valence-corrected chi connectivity index (χ1v) is 13.6. The van der Waals surface area contributed by atoms with Crippen LogP contribution >= 0.6 is 23.2 Å². The van der Waals surface area contributed by atoms with Crippen molar-refractivity contribution in [3.05, 3.63) is 64.1 Å². The lowest BCUT2D eigenvalue weighted by Crippen LogP contribution is -2.53. The van der Waals surface area contributed by atoms with E-state index < -0.39 is 28.5 Å². The highest BCUT2D eigenvalue weighted by Gasteiger charge is 2.32. The SMILES string of the molecule is CCC(C)NC(=O)C(CC)N(Cc1ccccc1)C(=O)CN(c1ccc(Cl)cc1Cl)S(C)(=O)=O. The molecule has 0 fully saturated rings. The molecule has 34 heavy (non-hydrogen) atoms. The van der Waals surface area contributed by atoms with Crippen molar-refractivity contribution in [1.82, 2.24) is 10.2 Å². The molecule has 0 heterocycles. The van der Waals surface area contributed by atoms with Gasteiger partial charge in [0.15, 0.2) is 0 Å². The molecule has 0 saturated carbocycles. The number of nitrogens with zero attached hydrogens (tertiary/aromatic N) is 2. The Bertz CT molecular complexity index is 1100. The van der Waals surface area contributed by atoms with Gasteiger partial charge in [-0.15, -0.1) is 0 Å². The van der Waals surface area contributed by atoms with Crippen molar-refractivity contribution in [1.29, 1.82) is 0 Å². The van der Waals surface area contributed by atoms with Crippen LogP contribution in [0.4, 0.5) is 5.69 Å². The maximum atomic E-state index is 13.6. The van der Waals surface area contributed by atoms with Gasteiger partial charge in [-0.05, 0) is 43.5 Å². The van der Waals surface area contributed by atoms with Gasteiger partial charge in [-0.25, -0.2) is 8.42 Å². The minimum Gasteiger partial charge on any atom is -0.352 e. The maximum absolute atomic E-state index is 13.6. The smallest absolute Gasteiger partial charge is 0.244 e. The number of carbonyl (C=O) groups is 2. The maximum Gasteiger partial charge on any atom is 0.244 e. The van der Waals surface area contributed by atoms with Crippen LogP contribution in [0.2, 0.25) is 10.0 Å². The van der Waals surface area contributed by atoms with Crippen molar-refractivity contribution >= 4 is 50.7 Å². The number of halogens is 2. The average Bonchev–Trinajstić information content (AvgIpc) is 2.77. The predicted octanol–water partition coefficient (Wildman–Crippen LogP) is 4.48. The molecule has 0 aromatic heterocycles. The number of carbonyl (C=O) groups excluding carboxylic acids is 2. The van der Waals surface area contributed by atoms with E-state index in [-0.39, 0.29) is 29.2 Å². The molecule has 1 N–H and O–H groups in total. The topological polar surface area (TPSA) is 86.8 Å². The molecule has 0 bridgehead atoms. The molecule has 186 valence electrons. The van der Waals surface area contributed by atoms with Crippen molar-refractivity contribution < 1.29 is 18.0 Å². The van der Waals surface area contributed by atoms with E-state index >= 15 is 0 Å². The van der Waals surface area contributed by atoms with E-state index in [1.165, 1.54) is 23.1 Å². The summed E-state index contributed by atoms with van der Waals surface area (Å²) in [5, 5.41) is 3.37.